The molecule has 108 valence electrons. The molecule has 0 atom stereocenters. The summed E-state index contributed by atoms with van der Waals surface area (Å²) in [4.78, 5) is 27.9. The first-order chi connectivity index (χ1) is 9.79. The normalized spacial score (nSPS) is 18.4. The largest absolute Gasteiger partial charge is 0.377 e. The van der Waals surface area contributed by atoms with Crippen LogP contribution < -0.4 is 10.6 Å². The van der Waals surface area contributed by atoms with Gasteiger partial charge in [-0.3, -0.25) is 14.6 Å². The van der Waals surface area contributed by atoms with Crippen molar-refractivity contribution in [2.24, 2.45) is 0 Å². The lowest BCUT2D eigenvalue weighted by Gasteiger charge is -2.12. The Morgan fingerprint density at radius 1 is 0.900 bits per heavy atom. The van der Waals surface area contributed by atoms with Crippen molar-refractivity contribution in [1.82, 2.24) is 15.6 Å². The summed E-state index contributed by atoms with van der Waals surface area (Å²) in [7, 11) is 0. The molecule has 0 saturated heterocycles. The summed E-state index contributed by atoms with van der Waals surface area (Å²) < 4.78 is 10.6. The van der Waals surface area contributed by atoms with Gasteiger partial charge in [0.25, 0.3) is 11.8 Å². The molecule has 2 rings (SSSR count). The van der Waals surface area contributed by atoms with Crippen molar-refractivity contribution in [2.75, 3.05) is 39.5 Å². The Morgan fingerprint density at radius 3 is 2.15 bits per heavy atom. The fourth-order valence-electron chi connectivity index (χ4n) is 1.76. The van der Waals surface area contributed by atoms with Gasteiger partial charge in [-0.15, -0.1) is 0 Å². The summed E-state index contributed by atoms with van der Waals surface area (Å²) in [5, 5.41) is 5.39. The summed E-state index contributed by atoms with van der Waals surface area (Å²) >= 11 is 0. The molecule has 7 heteroatoms. The summed E-state index contributed by atoms with van der Waals surface area (Å²) in [6, 6.07) is 1.52. The minimum absolute atomic E-state index is 0.253. The number of amides is 2. The smallest absolute Gasteiger partial charge is 0.253 e. The molecule has 0 aliphatic carbocycles. The Morgan fingerprint density at radius 2 is 1.50 bits per heavy atom. The van der Waals surface area contributed by atoms with Crippen LogP contribution in [0.2, 0.25) is 0 Å². The minimum atomic E-state index is -0.333. The van der Waals surface area contributed by atoms with E-state index in [0.29, 0.717) is 45.1 Å². The monoisotopic (exact) mass is 279 g/mol. The highest BCUT2D eigenvalue weighted by Gasteiger charge is 2.16. The zero-order valence-electron chi connectivity index (χ0n) is 11.1. The topological polar surface area (TPSA) is 89.5 Å². The Bertz CT molecular complexity index is 435. The third-order valence-corrected chi connectivity index (χ3v) is 2.75. The van der Waals surface area contributed by atoms with E-state index in [1.165, 1.54) is 18.5 Å². The minimum Gasteiger partial charge on any atom is -0.377 e. The van der Waals surface area contributed by atoms with Crippen LogP contribution in [-0.4, -0.2) is 56.3 Å². The SMILES string of the molecule is O=C1NCCOCCOCCNC(=O)c2cnccc21. The van der Waals surface area contributed by atoms with E-state index in [1.807, 2.05) is 0 Å². The second kappa shape index (κ2) is 7.56. The van der Waals surface area contributed by atoms with Crippen molar-refractivity contribution >= 4 is 11.8 Å². The van der Waals surface area contributed by atoms with Gasteiger partial charge in [0.1, 0.15) is 0 Å². The van der Waals surface area contributed by atoms with Gasteiger partial charge < -0.3 is 20.1 Å². The molecule has 1 aromatic heterocycles. The Labute approximate surface area is 116 Å². The van der Waals surface area contributed by atoms with Gasteiger partial charge >= 0.3 is 0 Å². The number of fused-ring (bicyclic) bond motifs is 1. The molecular formula is C13H17N3O4. The lowest BCUT2D eigenvalue weighted by molar-refractivity contribution is 0.0482. The van der Waals surface area contributed by atoms with E-state index in [0.717, 1.165) is 0 Å². The van der Waals surface area contributed by atoms with Gasteiger partial charge in [-0.25, -0.2) is 0 Å². The van der Waals surface area contributed by atoms with Crippen LogP contribution in [0.4, 0.5) is 0 Å². The lowest BCUT2D eigenvalue weighted by atomic mass is 10.1. The Hall–Kier alpha value is -1.99. The summed E-state index contributed by atoms with van der Waals surface area (Å²) in [6.45, 7) is 2.47. The molecule has 20 heavy (non-hydrogen) atoms. The third kappa shape index (κ3) is 4.01. The Kier molecular flexibility index (Phi) is 5.45. The lowest BCUT2D eigenvalue weighted by Crippen LogP contribution is -2.33. The van der Waals surface area contributed by atoms with Gasteiger partial charge in [-0.05, 0) is 6.07 Å². The number of nitrogens with zero attached hydrogens (tertiary/aromatic N) is 1. The first-order valence-electron chi connectivity index (χ1n) is 6.45. The van der Waals surface area contributed by atoms with E-state index in [9.17, 15) is 9.59 Å². The summed E-state index contributed by atoms with van der Waals surface area (Å²) in [6.07, 6.45) is 2.86. The predicted molar refractivity (Wildman–Crippen MR) is 70.5 cm³/mol. The summed E-state index contributed by atoms with van der Waals surface area (Å²) in [5.41, 5.74) is 0.554. The number of hydrogen-bond donors (Lipinski definition) is 2. The average molecular weight is 279 g/mol. The number of carbonyl (C=O) groups is 2. The highest BCUT2D eigenvalue weighted by Crippen LogP contribution is 2.06. The number of hydrogen-bond acceptors (Lipinski definition) is 5. The van der Waals surface area contributed by atoms with E-state index in [-0.39, 0.29) is 17.4 Å². The van der Waals surface area contributed by atoms with Crippen LogP contribution in [0.1, 0.15) is 20.7 Å². The van der Waals surface area contributed by atoms with Crippen LogP contribution in [0, 0.1) is 0 Å². The number of ether oxygens (including phenoxy) is 2. The van der Waals surface area contributed by atoms with Gasteiger partial charge in [-0.2, -0.15) is 0 Å². The zero-order chi connectivity index (χ0) is 14.2. The van der Waals surface area contributed by atoms with Gasteiger partial charge in [0.2, 0.25) is 0 Å². The van der Waals surface area contributed by atoms with Gasteiger partial charge in [-0.1, -0.05) is 0 Å². The van der Waals surface area contributed by atoms with E-state index in [1.54, 1.807) is 0 Å². The van der Waals surface area contributed by atoms with E-state index >= 15 is 0 Å². The molecule has 0 fully saturated rings. The molecule has 0 saturated carbocycles. The molecule has 0 bridgehead atoms. The van der Waals surface area contributed by atoms with Crippen molar-refractivity contribution in [2.45, 2.75) is 0 Å². The molecule has 1 aliphatic heterocycles. The summed E-state index contributed by atoms with van der Waals surface area (Å²) in [5.74, 6) is -0.644. The standard InChI is InChI=1S/C13H17N3O4/c17-12-10-1-2-14-9-11(10)13(18)16-4-6-20-8-7-19-5-3-15-12/h1-2,9H,3-8H2,(H,15,17)(H,16,18). The molecule has 0 unspecified atom stereocenters. The molecule has 2 N–H and O–H groups in total. The molecule has 0 radical (unpaired) electrons. The van der Waals surface area contributed by atoms with Crippen LogP contribution in [0.15, 0.2) is 18.5 Å². The Balaban J connectivity index is 2.13. The predicted octanol–water partition coefficient (Wildman–Crippen LogP) is -0.412. The number of carbonyl (C=O) groups excluding carboxylic acids is 2. The molecule has 2 heterocycles. The second-order valence-corrected chi connectivity index (χ2v) is 4.16. The fourth-order valence-corrected chi connectivity index (χ4v) is 1.76. The third-order valence-electron chi connectivity index (χ3n) is 2.75. The highest BCUT2D eigenvalue weighted by atomic mass is 16.5. The van der Waals surface area contributed by atoms with Crippen LogP contribution in [0.5, 0.6) is 0 Å². The van der Waals surface area contributed by atoms with Crippen LogP contribution in [-0.2, 0) is 9.47 Å². The second-order valence-electron chi connectivity index (χ2n) is 4.16. The maximum atomic E-state index is 12.0. The maximum absolute atomic E-state index is 12.0. The van der Waals surface area contributed by atoms with E-state index in [4.69, 9.17) is 9.47 Å². The van der Waals surface area contributed by atoms with Crippen LogP contribution in [0.3, 0.4) is 0 Å². The highest BCUT2D eigenvalue weighted by molar-refractivity contribution is 6.06. The van der Waals surface area contributed by atoms with Gasteiger partial charge in [0.05, 0.1) is 37.6 Å². The van der Waals surface area contributed by atoms with Gasteiger partial charge in [0.15, 0.2) is 0 Å². The molecule has 1 aromatic rings. The number of rotatable bonds is 0. The van der Waals surface area contributed by atoms with Crippen molar-refractivity contribution in [3.63, 3.8) is 0 Å². The van der Waals surface area contributed by atoms with E-state index < -0.39 is 0 Å². The fraction of sp³-hybridized carbons (Fsp3) is 0.462. The quantitative estimate of drug-likeness (QED) is 0.674. The molecule has 2 amide bonds. The molecular weight excluding hydrogens is 262 g/mol. The van der Waals surface area contributed by atoms with Crippen LogP contribution in [0.25, 0.3) is 0 Å². The van der Waals surface area contributed by atoms with Crippen LogP contribution >= 0.6 is 0 Å². The zero-order valence-corrected chi connectivity index (χ0v) is 11.1. The molecule has 1 aliphatic rings. The number of pyridine rings is 1. The maximum Gasteiger partial charge on any atom is 0.253 e. The average Bonchev–Trinajstić information content (AvgIpc) is 2.48. The van der Waals surface area contributed by atoms with Crippen molar-refractivity contribution in [3.05, 3.63) is 29.6 Å². The number of aromatic nitrogens is 1. The van der Waals surface area contributed by atoms with Crippen molar-refractivity contribution < 1.29 is 19.1 Å². The number of nitrogens with one attached hydrogen (secondary N) is 2. The molecule has 7 nitrogen and oxygen atoms in total. The first-order valence-corrected chi connectivity index (χ1v) is 6.45. The van der Waals surface area contributed by atoms with Gasteiger partial charge in [0, 0.05) is 25.5 Å². The molecule has 0 spiro atoms. The van der Waals surface area contributed by atoms with Crippen molar-refractivity contribution in [1.29, 1.82) is 0 Å². The van der Waals surface area contributed by atoms with Crippen molar-refractivity contribution in [3.8, 4) is 0 Å². The first kappa shape index (κ1) is 14.4. The van der Waals surface area contributed by atoms with E-state index in [2.05, 4.69) is 15.6 Å². The molecule has 0 aromatic carbocycles.